The molecule has 0 rings (SSSR count). The number of carboxylic acids is 1. The van der Waals surface area contributed by atoms with Crippen LogP contribution in [-0.4, -0.2) is 80.6 Å². The Morgan fingerprint density at radius 2 is 1.11 bits per heavy atom. The van der Waals surface area contributed by atoms with E-state index >= 15 is 0 Å². The number of carboxylic acid groups (broad SMARTS) is 1. The van der Waals surface area contributed by atoms with Crippen LogP contribution in [0, 0.1) is 0 Å². The summed E-state index contributed by atoms with van der Waals surface area (Å²) in [6.45, 7) is 4.47. The molecule has 0 aromatic heterocycles. The van der Waals surface area contributed by atoms with Gasteiger partial charge in [-0.2, -0.15) is 0 Å². The summed E-state index contributed by atoms with van der Waals surface area (Å²) in [6, 6.07) is -0.625. The minimum Gasteiger partial charge on any atom is -0.477 e. The molecule has 0 aliphatic carbocycles. The lowest BCUT2D eigenvalue weighted by Gasteiger charge is -2.31. The van der Waals surface area contributed by atoms with Crippen molar-refractivity contribution >= 4 is 17.9 Å². The van der Waals surface area contributed by atoms with Crippen LogP contribution in [0.2, 0.25) is 0 Å². The summed E-state index contributed by atoms with van der Waals surface area (Å²) in [6.07, 6.45) is 46.2. The number of esters is 2. The number of likely N-dealkylation sites (N-methyl/N-ethyl adjacent to an activating group) is 1. The first-order valence-corrected chi connectivity index (χ1v) is 20.7. The first-order chi connectivity index (χ1) is 26.1. The number of nitrogens with zero attached hydrogens (tertiary/aromatic N) is 1. The molecule has 0 amide bonds. The average Bonchev–Trinajstić information content (AvgIpc) is 3.12. The Morgan fingerprint density at radius 3 is 1.69 bits per heavy atom. The normalized spacial score (nSPS) is 13.9. The van der Waals surface area contributed by atoms with Gasteiger partial charge < -0.3 is 23.8 Å². The van der Waals surface area contributed by atoms with Gasteiger partial charge in [0.1, 0.15) is 6.61 Å². The number of carbonyl (C=O) groups is 3. The van der Waals surface area contributed by atoms with Crippen molar-refractivity contribution in [1.29, 1.82) is 0 Å². The monoisotopic (exact) mass is 755 g/mol. The van der Waals surface area contributed by atoms with Crippen LogP contribution >= 0.6 is 0 Å². The van der Waals surface area contributed by atoms with Gasteiger partial charge in [0.15, 0.2) is 12.1 Å². The number of hydrogen-bond donors (Lipinski definition) is 1. The highest BCUT2D eigenvalue weighted by Crippen LogP contribution is 2.12. The maximum absolute atomic E-state index is 12.7. The van der Waals surface area contributed by atoms with Crippen molar-refractivity contribution < 1.29 is 38.2 Å². The average molecular weight is 755 g/mol. The van der Waals surface area contributed by atoms with Crippen molar-refractivity contribution in [3.8, 4) is 0 Å². The molecule has 8 nitrogen and oxygen atoms in total. The largest absolute Gasteiger partial charge is 0.477 e. The van der Waals surface area contributed by atoms with Gasteiger partial charge in [-0.25, -0.2) is 4.79 Å². The van der Waals surface area contributed by atoms with E-state index < -0.39 is 18.1 Å². The van der Waals surface area contributed by atoms with Gasteiger partial charge in [-0.15, -0.1) is 0 Å². The molecular weight excluding hydrogens is 679 g/mol. The van der Waals surface area contributed by atoms with Crippen LogP contribution in [0.25, 0.3) is 0 Å². The summed E-state index contributed by atoms with van der Waals surface area (Å²) in [5.74, 6) is -1.53. The van der Waals surface area contributed by atoms with Crippen LogP contribution in [0.1, 0.15) is 136 Å². The fourth-order valence-corrected chi connectivity index (χ4v) is 5.45. The molecule has 0 heterocycles. The molecule has 2 atom stereocenters. The predicted octanol–water partition coefficient (Wildman–Crippen LogP) is 11.0. The molecule has 0 spiro atoms. The Hall–Kier alpha value is -3.49. The molecule has 2 unspecified atom stereocenters. The maximum Gasteiger partial charge on any atom is 0.362 e. The minimum atomic E-state index is -0.886. The van der Waals surface area contributed by atoms with Gasteiger partial charge in [0.25, 0.3) is 0 Å². The molecule has 0 saturated carbocycles. The fourth-order valence-electron chi connectivity index (χ4n) is 5.45. The Morgan fingerprint density at radius 1 is 0.593 bits per heavy atom. The highest BCUT2D eigenvalue weighted by atomic mass is 16.6. The van der Waals surface area contributed by atoms with E-state index in [0.29, 0.717) is 19.3 Å². The van der Waals surface area contributed by atoms with Crippen LogP contribution in [0.5, 0.6) is 0 Å². The van der Waals surface area contributed by atoms with Crippen molar-refractivity contribution in [3.05, 3.63) is 85.1 Å². The number of ether oxygens (including phenoxy) is 3. The smallest absolute Gasteiger partial charge is 0.362 e. The van der Waals surface area contributed by atoms with Gasteiger partial charge in [0, 0.05) is 19.3 Å². The summed E-state index contributed by atoms with van der Waals surface area (Å²) in [7, 11) is 5.49. The molecule has 0 fully saturated rings. The summed E-state index contributed by atoms with van der Waals surface area (Å²) < 4.78 is 17.2. The zero-order chi connectivity index (χ0) is 40.0. The minimum absolute atomic E-state index is 0.0412. The molecule has 54 heavy (non-hydrogen) atoms. The first-order valence-electron chi connectivity index (χ1n) is 20.7. The van der Waals surface area contributed by atoms with Crippen LogP contribution in [-0.2, 0) is 28.6 Å². The topological polar surface area (TPSA) is 99.1 Å². The van der Waals surface area contributed by atoms with Gasteiger partial charge >= 0.3 is 17.9 Å². The van der Waals surface area contributed by atoms with Crippen molar-refractivity contribution in [2.45, 2.75) is 148 Å². The third-order valence-corrected chi connectivity index (χ3v) is 8.64. The van der Waals surface area contributed by atoms with Gasteiger partial charge in [-0.05, 0) is 57.8 Å². The molecule has 0 radical (unpaired) electrons. The van der Waals surface area contributed by atoms with Crippen molar-refractivity contribution in [3.63, 3.8) is 0 Å². The van der Waals surface area contributed by atoms with E-state index in [1.165, 1.54) is 6.42 Å². The predicted molar refractivity (Wildman–Crippen MR) is 224 cm³/mol. The van der Waals surface area contributed by atoms with Crippen LogP contribution in [0.4, 0.5) is 0 Å². The van der Waals surface area contributed by atoms with E-state index in [-0.39, 0.29) is 36.2 Å². The van der Waals surface area contributed by atoms with Gasteiger partial charge in [-0.1, -0.05) is 144 Å². The summed E-state index contributed by atoms with van der Waals surface area (Å²) in [5, 5.41) is 9.60. The second-order valence-corrected chi connectivity index (χ2v) is 14.6. The lowest BCUT2D eigenvalue weighted by Crippen LogP contribution is -2.50. The van der Waals surface area contributed by atoms with Crippen LogP contribution < -0.4 is 0 Å². The lowest BCUT2D eigenvalue weighted by molar-refractivity contribution is -0.887. The Labute approximate surface area is 329 Å². The fraction of sp³-hybridized carbons (Fsp3) is 0.630. The number of allylic oxidation sites excluding steroid dienone is 14. The number of quaternary nitrogens is 1. The molecule has 306 valence electrons. The quantitative estimate of drug-likeness (QED) is 0.0226. The lowest BCUT2D eigenvalue weighted by atomic mass is 10.1. The molecule has 8 heteroatoms. The third-order valence-electron chi connectivity index (χ3n) is 8.64. The zero-order valence-electron chi connectivity index (χ0n) is 34.6. The molecular formula is C46H76NO7+. The van der Waals surface area contributed by atoms with Crippen LogP contribution in [0.15, 0.2) is 85.1 Å². The molecule has 0 saturated heterocycles. The molecule has 0 aromatic rings. The van der Waals surface area contributed by atoms with E-state index in [0.717, 1.165) is 96.3 Å². The van der Waals surface area contributed by atoms with Crippen molar-refractivity contribution in [1.82, 2.24) is 0 Å². The van der Waals surface area contributed by atoms with Gasteiger partial charge in [-0.3, -0.25) is 9.59 Å². The summed E-state index contributed by atoms with van der Waals surface area (Å²) >= 11 is 0. The van der Waals surface area contributed by atoms with E-state index in [2.05, 4.69) is 62.5 Å². The molecule has 0 bridgehead atoms. The highest BCUT2D eigenvalue weighted by molar-refractivity contribution is 5.72. The number of unbranched alkanes of at least 4 members (excludes halogenated alkanes) is 11. The van der Waals surface area contributed by atoms with Gasteiger partial charge in [0.05, 0.1) is 34.4 Å². The highest BCUT2D eigenvalue weighted by Gasteiger charge is 2.31. The number of hydrogen-bond acceptors (Lipinski definition) is 6. The van der Waals surface area contributed by atoms with Crippen molar-refractivity contribution in [2.24, 2.45) is 0 Å². The number of rotatable bonds is 35. The van der Waals surface area contributed by atoms with Crippen molar-refractivity contribution in [2.75, 3.05) is 41.0 Å². The Kier molecular flexibility index (Phi) is 34.1. The standard InChI is InChI=1S/C46H75NO7/c1-6-8-10-12-14-16-18-20-21-22-23-24-25-27-28-30-32-34-36-44(48)53-41-42(40-52-39-38-43(46(50)51)47(3,4)5)54-45(49)37-35-33-31-29-26-19-17-15-13-11-9-7-2/h9-12,14-18,20-24,42-43H,6-8,13,19,25-41H2,1-5H3/p+1/b11-9+,12-10+,16-14+,17-15+,20-18+,22-21+,24-23+. The molecule has 0 aliphatic heterocycles. The molecule has 0 aromatic carbocycles. The van der Waals surface area contributed by atoms with E-state index in [9.17, 15) is 19.5 Å². The SMILES string of the molecule is CC/C=C/C/C=C/CCCCCCCC(=O)OC(COCCC(C(=O)O)[N+](C)(C)C)COC(=O)CCCCCCC/C=C/C=C/C=C/C=C/C=C/CCC. The second kappa shape index (κ2) is 36.5. The first kappa shape index (κ1) is 50.5. The number of aliphatic carboxylic acids is 1. The summed E-state index contributed by atoms with van der Waals surface area (Å²) in [4.78, 5) is 36.9. The zero-order valence-corrected chi connectivity index (χ0v) is 34.6. The van der Waals surface area contributed by atoms with E-state index in [4.69, 9.17) is 14.2 Å². The maximum atomic E-state index is 12.7. The summed E-state index contributed by atoms with van der Waals surface area (Å²) in [5.41, 5.74) is 0. The molecule has 1 N–H and O–H groups in total. The number of carbonyl (C=O) groups excluding carboxylic acids is 2. The second-order valence-electron chi connectivity index (χ2n) is 14.6. The van der Waals surface area contributed by atoms with E-state index in [1.54, 1.807) is 0 Å². The third kappa shape index (κ3) is 34.3. The Balaban J connectivity index is 4.46. The van der Waals surface area contributed by atoms with Gasteiger partial charge in [0.2, 0.25) is 0 Å². The Bertz CT molecular complexity index is 1160. The van der Waals surface area contributed by atoms with Crippen LogP contribution in [0.3, 0.4) is 0 Å². The van der Waals surface area contributed by atoms with E-state index in [1.807, 2.05) is 57.6 Å². The molecule has 0 aliphatic rings.